The molecule has 0 spiro atoms. The van der Waals surface area contributed by atoms with Gasteiger partial charge in [0.15, 0.2) is 0 Å². The van der Waals surface area contributed by atoms with E-state index in [2.05, 4.69) is 14.5 Å². The largest absolute Gasteiger partial charge is 0.573 e. The number of halogens is 6. The van der Waals surface area contributed by atoms with E-state index in [-0.39, 0.29) is 28.2 Å². The number of para-hydroxylation sites is 2. The van der Waals surface area contributed by atoms with Gasteiger partial charge in [-0.25, -0.2) is 4.98 Å². The zero-order valence-corrected chi connectivity index (χ0v) is 14.4. The average Bonchev–Trinajstić information content (AvgIpc) is 2.60. The molecule has 0 bridgehead atoms. The van der Waals surface area contributed by atoms with Gasteiger partial charge in [-0.2, -0.15) is 0 Å². The number of nitrogens with zero attached hydrogens (tertiary/aromatic N) is 1. The number of ether oxygens (including phenoxy) is 2. The quantitative estimate of drug-likeness (QED) is 0.549. The van der Waals surface area contributed by atoms with E-state index in [1.165, 1.54) is 48.5 Å². The highest BCUT2D eigenvalue weighted by Crippen LogP contribution is 2.42. The average molecular weight is 414 g/mol. The van der Waals surface area contributed by atoms with Crippen LogP contribution in [0.1, 0.15) is 0 Å². The van der Waals surface area contributed by atoms with Crippen molar-refractivity contribution in [3.05, 3.63) is 60.7 Å². The van der Waals surface area contributed by atoms with Gasteiger partial charge in [0, 0.05) is 16.7 Å². The molecule has 3 aromatic rings. The van der Waals surface area contributed by atoms with E-state index in [0.717, 1.165) is 12.1 Å². The number of benzene rings is 2. The zero-order valence-electron chi connectivity index (χ0n) is 14.4. The van der Waals surface area contributed by atoms with Gasteiger partial charge in [-0.3, -0.25) is 0 Å². The lowest BCUT2D eigenvalue weighted by Gasteiger charge is -2.18. The second-order valence-corrected chi connectivity index (χ2v) is 5.72. The number of anilines is 1. The Kier molecular flexibility index (Phi) is 5.27. The van der Waals surface area contributed by atoms with Crippen molar-refractivity contribution >= 4 is 5.82 Å². The Balaban J connectivity index is 2.21. The number of alkyl halides is 6. The molecule has 29 heavy (non-hydrogen) atoms. The third-order valence-corrected chi connectivity index (χ3v) is 3.69. The monoisotopic (exact) mass is 414 g/mol. The highest BCUT2D eigenvalue weighted by molar-refractivity contribution is 5.86. The molecule has 0 unspecified atom stereocenters. The molecule has 1 aromatic heterocycles. The molecule has 3 rings (SSSR count). The minimum atomic E-state index is -4.98. The van der Waals surface area contributed by atoms with E-state index >= 15 is 0 Å². The Morgan fingerprint density at radius 1 is 0.621 bits per heavy atom. The number of hydrogen-bond donors (Lipinski definition) is 1. The molecule has 1 heterocycles. The first-order valence-corrected chi connectivity index (χ1v) is 8.00. The standard InChI is InChI=1S/C19H12F6N2O2/c20-18(21,22)28-14-7-3-1-5-11(14)12-9-10-16(26)27-17(12)13-6-2-4-8-15(13)29-19(23,24)25/h1-10H,(H2,26,27). The Morgan fingerprint density at radius 2 is 1.10 bits per heavy atom. The van der Waals surface area contributed by atoms with Gasteiger partial charge in [0.25, 0.3) is 0 Å². The van der Waals surface area contributed by atoms with Crippen LogP contribution in [0.4, 0.5) is 32.2 Å². The van der Waals surface area contributed by atoms with E-state index < -0.39 is 24.2 Å². The molecule has 152 valence electrons. The first kappa shape index (κ1) is 20.3. The molecule has 0 fully saturated rings. The second kappa shape index (κ2) is 7.53. The van der Waals surface area contributed by atoms with Crippen molar-refractivity contribution in [1.29, 1.82) is 0 Å². The van der Waals surface area contributed by atoms with Crippen molar-refractivity contribution in [3.63, 3.8) is 0 Å². The summed E-state index contributed by atoms with van der Waals surface area (Å²) in [5.74, 6) is -1.16. The van der Waals surface area contributed by atoms with Crippen LogP contribution in [0, 0.1) is 0 Å². The molecule has 0 amide bonds. The minimum Gasteiger partial charge on any atom is -0.405 e. The molecule has 0 saturated carbocycles. The number of pyridine rings is 1. The Hall–Kier alpha value is -3.43. The third kappa shape index (κ3) is 5.09. The molecule has 0 radical (unpaired) electrons. The molecular weight excluding hydrogens is 402 g/mol. The van der Waals surface area contributed by atoms with Crippen LogP contribution in [-0.4, -0.2) is 17.7 Å². The molecule has 2 N–H and O–H groups in total. The molecule has 0 aliphatic heterocycles. The Labute approximate surface area is 160 Å². The van der Waals surface area contributed by atoms with Crippen LogP contribution in [0.15, 0.2) is 60.7 Å². The number of nitrogens with two attached hydrogens (primary N) is 1. The fourth-order valence-corrected chi connectivity index (χ4v) is 2.68. The van der Waals surface area contributed by atoms with E-state index in [9.17, 15) is 26.3 Å². The predicted octanol–water partition coefficient (Wildman–Crippen LogP) is 5.80. The van der Waals surface area contributed by atoms with Crippen LogP contribution in [0.3, 0.4) is 0 Å². The summed E-state index contributed by atoms with van der Waals surface area (Å²) in [4.78, 5) is 4.04. The highest BCUT2D eigenvalue weighted by atomic mass is 19.4. The summed E-state index contributed by atoms with van der Waals surface area (Å²) in [5.41, 5.74) is 5.53. The number of nitrogen functional groups attached to an aromatic ring is 1. The van der Waals surface area contributed by atoms with Gasteiger partial charge in [-0.1, -0.05) is 30.3 Å². The summed E-state index contributed by atoms with van der Waals surface area (Å²) in [5, 5.41) is 0. The minimum absolute atomic E-state index is 0.0332. The predicted molar refractivity (Wildman–Crippen MR) is 92.9 cm³/mol. The first-order valence-electron chi connectivity index (χ1n) is 8.00. The number of hydrogen-bond acceptors (Lipinski definition) is 4. The number of aromatic nitrogens is 1. The molecule has 2 aromatic carbocycles. The Morgan fingerprint density at radius 3 is 1.66 bits per heavy atom. The molecule has 10 heteroatoms. The van der Waals surface area contributed by atoms with Crippen LogP contribution >= 0.6 is 0 Å². The lowest BCUT2D eigenvalue weighted by molar-refractivity contribution is -0.275. The third-order valence-electron chi connectivity index (χ3n) is 3.69. The smallest absolute Gasteiger partial charge is 0.405 e. The van der Waals surface area contributed by atoms with Crippen molar-refractivity contribution < 1.29 is 35.8 Å². The van der Waals surface area contributed by atoms with Gasteiger partial charge in [-0.05, 0) is 30.3 Å². The normalized spacial score (nSPS) is 11.9. The SMILES string of the molecule is Nc1ccc(-c2ccccc2OC(F)(F)F)c(-c2ccccc2OC(F)(F)F)n1. The summed E-state index contributed by atoms with van der Waals surface area (Å²) in [6.07, 6.45) is -9.94. The van der Waals surface area contributed by atoms with Gasteiger partial charge in [0.1, 0.15) is 17.3 Å². The summed E-state index contributed by atoms with van der Waals surface area (Å²) in [6.45, 7) is 0. The van der Waals surface area contributed by atoms with Crippen molar-refractivity contribution in [2.45, 2.75) is 12.7 Å². The van der Waals surface area contributed by atoms with Crippen LogP contribution in [0.2, 0.25) is 0 Å². The van der Waals surface area contributed by atoms with Crippen LogP contribution in [0.25, 0.3) is 22.4 Å². The van der Waals surface area contributed by atoms with Crippen molar-refractivity contribution in [2.75, 3.05) is 5.73 Å². The van der Waals surface area contributed by atoms with Crippen molar-refractivity contribution in [3.8, 4) is 33.9 Å². The van der Waals surface area contributed by atoms with Gasteiger partial charge in [0.2, 0.25) is 0 Å². The first-order chi connectivity index (χ1) is 13.5. The summed E-state index contributed by atoms with van der Waals surface area (Å²) >= 11 is 0. The van der Waals surface area contributed by atoms with Crippen LogP contribution < -0.4 is 15.2 Å². The molecule has 4 nitrogen and oxygen atoms in total. The summed E-state index contributed by atoms with van der Waals surface area (Å²) < 4.78 is 84.7. The molecular formula is C19H12F6N2O2. The second-order valence-electron chi connectivity index (χ2n) is 5.72. The fraction of sp³-hybridized carbons (Fsp3) is 0.105. The van der Waals surface area contributed by atoms with Crippen molar-refractivity contribution in [1.82, 2.24) is 4.98 Å². The molecule has 0 atom stereocenters. The van der Waals surface area contributed by atoms with Gasteiger partial charge in [-0.15, -0.1) is 26.3 Å². The molecule has 0 aliphatic carbocycles. The molecule has 0 saturated heterocycles. The zero-order chi connectivity index (χ0) is 21.2. The fourth-order valence-electron chi connectivity index (χ4n) is 2.68. The van der Waals surface area contributed by atoms with Crippen LogP contribution in [0.5, 0.6) is 11.5 Å². The Bertz CT molecular complexity index is 1020. The van der Waals surface area contributed by atoms with Gasteiger partial charge >= 0.3 is 12.7 Å². The highest BCUT2D eigenvalue weighted by Gasteiger charge is 2.34. The topological polar surface area (TPSA) is 57.4 Å². The summed E-state index contributed by atoms with van der Waals surface area (Å²) in [6, 6.07) is 13.0. The number of rotatable bonds is 4. The maximum atomic E-state index is 12.8. The van der Waals surface area contributed by atoms with E-state index in [1.54, 1.807) is 0 Å². The van der Waals surface area contributed by atoms with E-state index in [0.29, 0.717) is 0 Å². The van der Waals surface area contributed by atoms with Crippen LogP contribution in [-0.2, 0) is 0 Å². The lowest BCUT2D eigenvalue weighted by Crippen LogP contribution is -2.18. The maximum absolute atomic E-state index is 12.8. The molecule has 0 aliphatic rings. The summed E-state index contributed by atoms with van der Waals surface area (Å²) in [7, 11) is 0. The van der Waals surface area contributed by atoms with Gasteiger partial charge in [0.05, 0.1) is 5.69 Å². The van der Waals surface area contributed by atoms with E-state index in [4.69, 9.17) is 5.73 Å². The van der Waals surface area contributed by atoms with E-state index in [1.807, 2.05) is 0 Å². The lowest BCUT2D eigenvalue weighted by atomic mass is 9.98. The van der Waals surface area contributed by atoms with Gasteiger partial charge < -0.3 is 15.2 Å². The maximum Gasteiger partial charge on any atom is 0.573 e. The van der Waals surface area contributed by atoms with Crippen molar-refractivity contribution in [2.24, 2.45) is 0 Å².